The molecule has 1 amide bonds. The number of pyridine rings is 2. The van der Waals surface area contributed by atoms with Crippen LogP contribution in [0.4, 0.5) is 10.2 Å². The molecule has 1 saturated heterocycles. The number of rotatable bonds is 5. The molecule has 143 valence electrons. The Labute approximate surface area is 162 Å². The van der Waals surface area contributed by atoms with Gasteiger partial charge in [-0.1, -0.05) is 11.6 Å². The number of carbonyl (C=O) groups excluding carboxylic acids is 1. The van der Waals surface area contributed by atoms with Crippen molar-refractivity contribution in [2.45, 2.75) is 32.3 Å². The first-order chi connectivity index (χ1) is 12.8. The van der Waals surface area contributed by atoms with Gasteiger partial charge in [-0.3, -0.25) is 9.78 Å². The summed E-state index contributed by atoms with van der Waals surface area (Å²) in [5.41, 5.74) is 5.76. The van der Waals surface area contributed by atoms with Gasteiger partial charge in [0.2, 0.25) is 0 Å². The summed E-state index contributed by atoms with van der Waals surface area (Å²) in [6, 6.07) is 2.57. The average molecular weight is 392 g/mol. The van der Waals surface area contributed by atoms with Crippen molar-refractivity contribution in [1.29, 1.82) is 0 Å². The normalized spacial score (nSPS) is 18.9. The molecule has 1 aliphatic rings. The monoisotopic (exact) mass is 391 g/mol. The maximum atomic E-state index is 14.5. The lowest BCUT2D eigenvalue weighted by atomic mass is 9.88. The van der Waals surface area contributed by atoms with Crippen molar-refractivity contribution in [3.8, 4) is 11.3 Å². The third-order valence-electron chi connectivity index (χ3n) is 4.57. The topological polar surface area (TPSA) is 90.1 Å². The minimum atomic E-state index is -0.790. The zero-order chi connectivity index (χ0) is 19.6. The molecule has 1 atom stereocenters. The standard InChI is InChI=1S/C19H21ClFN4O2/c1-19(2)8-11(4-6-27-19)9-24-18-15(21)7-13(17(22)26)16(25-18)12-3-5-23-10-14(12)20/h3,7,10-11H,4,6,8-9H2,1-2H3,(H2,22,26)(H,24,25)/t11-/m1/s1. The third-order valence-corrected chi connectivity index (χ3v) is 4.87. The number of halogens is 2. The second-order valence-electron chi connectivity index (χ2n) is 7.22. The lowest BCUT2D eigenvalue weighted by Gasteiger charge is -2.35. The van der Waals surface area contributed by atoms with Crippen molar-refractivity contribution >= 4 is 23.3 Å². The van der Waals surface area contributed by atoms with Crippen LogP contribution in [0.5, 0.6) is 0 Å². The lowest BCUT2D eigenvalue weighted by molar-refractivity contribution is -0.0700. The van der Waals surface area contributed by atoms with Crippen LogP contribution in [0.2, 0.25) is 5.02 Å². The Bertz CT molecular complexity index is 860. The lowest BCUT2D eigenvalue weighted by Crippen LogP contribution is -2.36. The number of ether oxygens (including phenoxy) is 1. The molecule has 0 spiro atoms. The molecule has 8 heteroatoms. The molecule has 0 unspecified atom stereocenters. The molecule has 0 aromatic carbocycles. The van der Waals surface area contributed by atoms with Crippen molar-refractivity contribution in [3.63, 3.8) is 0 Å². The minimum Gasteiger partial charge on any atom is -0.376 e. The van der Waals surface area contributed by atoms with E-state index in [2.05, 4.69) is 21.5 Å². The minimum absolute atomic E-state index is 0.0483. The molecule has 2 aromatic heterocycles. The Morgan fingerprint density at radius 2 is 2.33 bits per heavy atom. The summed E-state index contributed by atoms with van der Waals surface area (Å²) in [7, 11) is 0. The van der Waals surface area contributed by atoms with Crippen LogP contribution in [0, 0.1) is 17.9 Å². The van der Waals surface area contributed by atoms with E-state index in [-0.39, 0.29) is 27.7 Å². The van der Waals surface area contributed by atoms with Gasteiger partial charge in [-0.05, 0) is 44.7 Å². The van der Waals surface area contributed by atoms with Crippen LogP contribution >= 0.6 is 11.6 Å². The molecule has 27 heavy (non-hydrogen) atoms. The van der Waals surface area contributed by atoms with Crippen LogP contribution in [0.3, 0.4) is 0 Å². The second kappa shape index (κ2) is 7.78. The molecule has 1 radical (unpaired) electrons. The summed E-state index contributed by atoms with van der Waals surface area (Å²) in [6.07, 6.45) is 5.76. The number of nitrogens with two attached hydrogens (primary N) is 1. The summed E-state index contributed by atoms with van der Waals surface area (Å²) in [4.78, 5) is 19.8. The van der Waals surface area contributed by atoms with E-state index in [0.29, 0.717) is 24.6 Å². The Morgan fingerprint density at radius 1 is 1.56 bits per heavy atom. The Hall–Kier alpha value is -2.25. The van der Waals surface area contributed by atoms with E-state index in [1.54, 1.807) is 0 Å². The molecule has 0 aliphatic carbocycles. The van der Waals surface area contributed by atoms with Crippen LogP contribution in [0.25, 0.3) is 11.3 Å². The van der Waals surface area contributed by atoms with Gasteiger partial charge >= 0.3 is 0 Å². The van der Waals surface area contributed by atoms with E-state index in [9.17, 15) is 9.18 Å². The molecule has 3 rings (SSSR count). The first-order valence-corrected chi connectivity index (χ1v) is 9.05. The van der Waals surface area contributed by atoms with E-state index in [1.807, 2.05) is 13.8 Å². The zero-order valence-corrected chi connectivity index (χ0v) is 15.9. The number of hydrogen-bond acceptors (Lipinski definition) is 5. The maximum Gasteiger partial charge on any atom is 0.251 e. The van der Waals surface area contributed by atoms with Crippen LogP contribution in [-0.2, 0) is 4.74 Å². The number of primary amides is 1. The highest BCUT2D eigenvalue weighted by Crippen LogP contribution is 2.32. The third kappa shape index (κ3) is 4.54. The van der Waals surface area contributed by atoms with Gasteiger partial charge in [-0.25, -0.2) is 9.37 Å². The number of anilines is 1. The smallest absolute Gasteiger partial charge is 0.251 e. The first kappa shape index (κ1) is 19.5. The SMILES string of the molecule is CC1(C)C[C@H](CNc2nc(-c3c[c]ncc3Cl)c(C(N)=O)cc2F)CCO1. The molecule has 1 aliphatic heterocycles. The average Bonchev–Trinajstić information content (AvgIpc) is 2.60. The predicted molar refractivity (Wildman–Crippen MR) is 101 cm³/mol. The highest BCUT2D eigenvalue weighted by molar-refractivity contribution is 6.33. The van der Waals surface area contributed by atoms with Crippen molar-refractivity contribution < 1.29 is 13.9 Å². The first-order valence-electron chi connectivity index (χ1n) is 8.67. The van der Waals surface area contributed by atoms with Crippen molar-refractivity contribution in [2.75, 3.05) is 18.5 Å². The highest BCUT2D eigenvalue weighted by atomic mass is 35.5. The van der Waals surface area contributed by atoms with Crippen molar-refractivity contribution in [3.05, 3.63) is 40.9 Å². The molecule has 6 nitrogen and oxygen atoms in total. The van der Waals surface area contributed by atoms with E-state index in [0.717, 1.165) is 18.9 Å². The molecule has 2 aromatic rings. The van der Waals surface area contributed by atoms with Gasteiger partial charge in [0.15, 0.2) is 11.6 Å². The summed E-state index contributed by atoms with van der Waals surface area (Å²) >= 11 is 6.16. The quantitative estimate of drug-likeness (QED) is 0.814. The van der Waals surface area contributed by atoms with Gasteiger partial charge in [0.25, 0.3) is 5.91 Å². The number of aromatic nitrogens is 2. The fourth-order valence-electron chi connectivity index (χ4n) is 3.30. The predicted octanol–water partition coefficient (Wildman–Crippen LogP) is 3.45. The molecule has 3 N–H and O–H groups in total. The van der Waals surface area contributed by atoms with Crippen molar-refractivity contribution in [2.24, 2.45) is 11.7 Å². The second-order valence-corrected chi connectivity index (χ2v) is 7.63. The molecule has 0 saturated carbocycles. The Balaban J connectivity index is 1.89. The Morgan fingerprint density at radius 3 is 3.00 bits per heavy atom. The van der Waals surface area contributed by atoms with Crippen molar-refractivity contribution in [1.82, 2.24) is 9.97 Å². The van der Waals surface area contributed by atoms with E-state index < -0.39 is 11.7 Å². The molecule has 3 heterocycles. The Kier molecular flexibility index (Phi) is 5.62. The van der Waals surface area contributed by atoms with E-state index in [1.165, 1.54) is 12.3 Å². The van der Waals surface area contributed by atoms with Crippen LogP contribution in [0.15, 0.2) is 18.3 Å². The summed E-state index contributed by atoms with van der Waals surface area (Å²) < 4.78 is 20.2. The zero-order valence-electron chi connectivity index (χ0n) is 15.2. The van der Waals surface area contributed by atoms with E-state index >= 15 is 0 Å². The molecular formula is C19H21ClFN4O2. The molecule has 0 bridgehead atoms. The van der Waals surface area contributed by atoms with Gasteiger partial charge < -0.3 is 15.8 Å². The van der Waals surface area contributed by atoms with Crippen LogP contribution in [-0.4, -0.2) is 34.6 Å². The number of carbonyl (C=O) groups is 1. The van der Waals surface area contributed by atoms with E-state index in [4.69, 9.17) is 22.1 Å². The van der Waals surface area contributed by atoms with Gasteiger partial charge in [-0.2, -0.15) is 0 Å². The van der Waals surface area contributed by atoms with Gasteiger partial charge in [0.05, 0.1) is 28.1 Å². The molecule has 1 fully saturated rings. The maximum absolute atomic E-state index is 14.5. The number of amides is 1. The van der Waals surface area contributed by atoms with Gasteiger partial charge in [0, 0.05) is 24.9 Å². The van der Waals surface area contributed by atoms with Crippen LogP contribution in [0.1, 0.15) is 37.0 Å². The molecular weight excluding hydrogens is 371 g/mol. The summed E-state index contributed by atoms with van der Waals surface area (Å²) in [6.45, 7) is 5.30. The number of hydrogen-bond donors (Lipinski definition) is 2. The number of nitrogens with one attached hydrogen (secondary N) is 1. The fraction of sp³-hybridized carbons (Fsp3) is 0.421. The summed E-state index contributed by atoms with van der Waals surface area (Å²) in [5, 5.41) is 3.32. The van der Waals surface area contributed by atoms with Gasteiger partial charge in [0.1, 0.15) is 0 Å². The van der Waals surface area contributed by atoms with Gasteiger partial charge in [-0.15, -0.1) is 0 Å². The fourth-order valence-corrected chi connectivity index (χ4v) is 3.49. The highest BCUT2D eigenvalue weighted by Gasteiger charge is 2.29. The largest absolute Gasteiger partial charge is 0.376 e. The number of nitrogens with zero attached hydrogens (tertiary/aromatic N) is 2. The van der Waals surface area contributed by atoms with Crippen LogP contribution < -0.4 is 11.1 Å². The summed E-state index contributed by atoms with van der Waals surface area (Å²) in [5.74, 6) is -1.06.